The lowest BCUT2D eigenvalue weighted by Crippen LogP contribution is -2.60. The van der Waals surface area contributed by atoms with Gasteiger partial charge < -0.3 is 24.5 Å². The second-order valence-corrected chi connectivity index (χ2v) is 12.4. The molecule has 3 rings (SSSR count). The van der Waals surface area contributed by atoms with Crippen LogP contribution in [0.4, 0.5) is 0 Å². The number of amides is 3. The molecule has 0 aromatic rings. The van der Waals surface area contributed by atoms with Crippen molar-refractivity contribution in [1.29, 1.82) is 0 Å². The van der Waals surface area contributed by atoms with E-state index in [9.17, 15) is 14.4 Å². The Morgan fingerprint density at radius 3 is 2.39 bits per heavy atom. The van der Waals surface area contributed by atoms with Gasteiger partial charge in [0.1, 0.15) is 11.6 Å². The Morgan fingerprint density at radius 2 is 1.81 bits per heavy atom. The molecule has 3 aliphatic heterocycles. The molecule has 2 bridgehead atoms. The minimum Gasteiger partial charge on any atom is -0.396 e. The first-order valence-corrected chi connectivity index (χ1v) is 13.9. The summed E-state index contributed by atoms with van der Waals surface area (Å²) in [7, 11) is 1.71. The predicted octanol–water partition coefficient (Wildman–Crippen LogP) is 2.74. The zero-order valence-corrected chi connectivity index (χ0v) is 23.7. The van der Waals surface area contributed by atoms with E-state index in [2.05, 4.69) is 29.1 Å². The summed E-state index contributed by atoms with van der Waals surface area (Å²) in [6, 6.07) is -0.806. The number of fused-ring (bicyclic) bond motifs is 1. The van der Waals surface area contributed by atoms with Crippen molar-refractivity contribution in [2.75, 3.05) is 33.3 Å². The van der Waals surface area contributed by atoms with E-state index in [1.807, 2.05) is 20.8 Å². The van der Waals surface area contributed by atoms with Gasteiger partial charge in [-0.3, -0.25) is 14.4 Å². The standard InChI is InChI=1S/C27H42BrN3O5/c1-7-13-29(6)23(33)19-20-24(34)30(15-11-9-10-12-16-32)22(27(20)17-18(28)21(19)36-27)25(35)31(14-8-2)26(3,4)5/h7-8,18-22,32H,1-2,9-17H2,3-6H3/t18?,19-,20-,21-,22?,27?/m0/s1. The van der Waals surface area contributed by atoms with E-state index in [0.717, 1.165) is 12.8 Å². The number of likely N-dealkylation sites (N-methyl/N-ethyl adjacent to an activating group) is 1. The van der Waals surface area contributed by atoms with Crippen LogP contribution in [0.3, 0.4) is 0 Å². The minimum atomic E-state index is -1.06. The average molecular weight is 569 g/mol. The van der Waals surface area contributed by atoms with Crippen LogP contribution in [0, 0.1) is 11.8 Å². The number of carbonyl (C=O) groups is 3. The minimum absolute atomic E-state index is 0.130. The second-order valence-electron chi connectivity index (χ2n) is 11.2. The number of hydrogen-bond donors (Lipinski definition) is 1. The van der Waals surface area contributed by atoms with Gasteiger partial charge >= 0.3 is 0 Å². The van der Waals surface area contributed by atoms with Gasteiger partial charge in [0.2, 0.25) is 17.7 Å². The quantitative estimate of drug-likeness (QED) is 0.222. The highest BCUT2D eigenvalue weighted by Gasteiger charge is 2.76. The van der Waals surface area contributed by atoms with Crippen LogP contribution in [0.25, 0.3) is 0 Å². The lowest BCUT2D eigenvalue weighted by atomic mass is 9.70. The third-order valence-corrected chi connectivity index (χ3v) is 8.63. The summed E-state index contributed by atoms with van der Waals surface area (Å²) in [5.41, 5.74) is -1.54. The molecule has 0 aromatic heterocycles. The highest BCUT2D eigenvalue weighted by molar-refractivity contribution is 9.09. The van der Waals surface area contributed by atoms with Gasteiger partial charge in [-0.1, -0.05) is 40.9 Å². The predicted molar refractivity (Wildman–Crippen MR) is 142 cm³/mol. The molecule has 0 radical (unpaired) electrons. The van der Waals surface area contributed by atoms with Gasteiger partial charge in [0.15, 0.2) is 0 Å². The summed E-state index contributed by atoms with van der Waals surface area (Å²) < 4.78 is 6.59. The van der Waals surface area contributed by atoms with E-state index < -0.39 is 35.1 Å². The van der Waals surface area contributed by atoms with Crippen molar-refractivity contribution < 1.29 is 24.2 Å². The number of halogens is 1. The fourth-order valence-electron chi connectivity index (χ4n) is 6.19. The van der Waals surface area contributed by atoms with Crippen molar-refractivity contribution in [3.63, 3.8) is 0 Å². The molecule has 36 heavy (non-hydrogen) atoms. The van der Waals surface area contributed by atoms with E-state index in [0.29, 0.717) is 38.9 Å². The molecule has 0 aliphatic carbocycles. The van der Waals surface area contributed by atoms with E-state index in [-0.39, 0.29) is 29.2 Å². The number of alkyl halides is 1. The van der Waals surface area contributed by atoms with Crippen molar-refractivity contribution in [1.82, 2.24) is 14.7 Å². The fraction of sp³-hybridized carbons (Fsp3) is 0.741. The highest BCUT2D eigenvalue weighted by atomic mass is 79.9. The molecular weight excluding hydrogens is 526 g/mol. The third-order valence-electron chi connectivity index (χ3n) is 7.78. The van der Waals surface area contributed by atoms with Crippen LogP contribution in [0.15, 0.2) is 25.3 Å². The molecule has 3 fully saturated rings. The molecule has 1 spiro atoms. The monoisotopic (exact) mass is 567 g/mol. The molecule has 8 nitrogen and oxygen atoms in total. The van der Waals surface area contributed by atoms with E-state index in [1.54, 1.807) is 33.9 Å². The van der Waals surface area contributed by atoms with Crippen molar-refractivity contribution in [3.05, 3.63) is 25.3 Å². The molecule has 3 aliphatic rings. The topological polar surface area (TPSA) is 90.4 Å². The Labute approximate surface area is 223 Å². The van der Waals surface area contributed by atoms with Gasteiger partial charge in [-0.15, -0.1) is 13.2 Å². The summed E-state index contributed by atoms with van der Waals surface area (Å²) >= 11 is 3.72. The first-order chi connectivity index (χ1) is 17.0. The molecule has 6 atom stereocenters. The number of likely N-dealkylation sites (tertiary alicyclic amines) is 1. The summed E-state index contributed by atoms with van der Waals surface area (Å²) in [5, 5.41) is 9.10. The van der Waals surface area contributed by atoms with Crippen LogP contribution < -0.4 is 0 Å². The summed E-state index contributed by atoms with van der Waals surface area (Å²) in [4.78, 5) is 46.7. The number of nitrogens with zero attached hydrogens (tertiary/aromatic N) is 3. The molecular formula is C27H42BrN3O5. The van der Waals surface area contributed by atoms with Crippen LogP contribution in [-0.4, -0.2) is 98.9 Å². The Hall–Kier alpha value is -1.71. The van der Waals surface area contributed by atoms with Gasteiger partial charge in [-0.2, -0.15) is 0 Å². The normalized spacial score (nSPS) is 30.9. The Bertz CT molecular complexity index is 874. The number of aliphatic hydroxyl groups is 1. The highest BCUT2D eigenvalue weighted by Crippen LogP contribution is 2.60. The number of hydrogen-bond acceptors (Lipinski definition) is 5. The number of carbonyl (C=O) groups excluding carboxylic acids is 3. The van der Waals surface area contributed by atoms with Crippen molar-refractivity contribution in [2.45, 2.75) is 81.0 Å². The first kappa shape index (κ1) is 28.9. The fourth-order valence-corrected chi connectivity index (χ4v) is 7.13. The van der Waals surface area contributed by atoms with Crippen LogP contribution in [0.1, 0.15) is 52.9 Å². The summed E-state index contributed by atoms with van der Waals surface area (Å²) in [5.74, 6) is -1.85. The summed E-state index contributed by atoms with van der Waals surface area (Å²) in [6.45, 7) is 14.8. The van der Waals surface area contributed by atoms with Gasteiger partial charge in [0, 0.05) is 43.7 Å². The molecule has 3 saturated heterocycles. The molecule has 202 valence electrons. The van der Waals surface area contributed by atoms with Crippen molar-refractivity contribution in [3.8, 4) is 0 Å². The van der Waals surface area contributed by atoms with Crippen LogP contribution in [0.2, 0.25) is 0 Å². The van der Waals surface area contributed by atoms with E-state index in [1.165, 1.54) is 0 Å². The molecule has 0 saturated carbocycles. The van der Waals surface area contributed by atoms with Crippen molar-refractivity contribution in [2.24, 2.45) is 11.8 Å². The first-order valence-electron chi connectivity index (χ1n) is 13.0. The molecule has 0 aromatic carbocycles. The second kappa shape index (κ2) is 11.4. The lowest BCUT2D eigenvalue weighted by molar-refractivity contribution is -0.151. The van der Waals surface area contributed by atoms with Crippen LogP contribution in [-0.2, 0) is 19.1 Å². The largest absolute Gasteiger partial charge is 0.396 e. The van der Waals surface area contributed by atoms with Crippen molar-refractivity contribution >= 4 is 33.7 Å². The maximum Gasteiger partial charge on any atom is 0.249 e. The van der Waals surface area contributed by atoms with Crippen LogP contribution >= 0.6 is 15.9 Å². The summed E-state index contributed by atoms with van der Waals surface area (Å²) in [6.07, 6.45) is 6.50. The van der Waals surface area contributed by atoms with Gasteiger partial charge in [0.25, 0.3) is 0 Å². The number of aliphatic hydroxyl groups excluding tert-OH is 1. The average Bonchev–Trinajstić information content (AvgIpc) is 3.39. The molecule has 1 N–H and O–H groups in total. The smallest absolute Gasteiger partial charge is 0.249 e. The zero-order chi connectivity index (χ0) is 26.8. The van der Waals surface area contributed by atoms with E-state index >= 15 is 0 Å². The van der Waals surface area contributed by atoms with Gasteiger partial charge in [-0.25, -0.2) is 0 Å². The molecule has 3 amide bonds. The Kier molecular flexibility index (Phi) is 9.10. The molecule has 9 heteroatoms. The SMILES string of the molecule is C=CCN(C)C(=O)[C@H]1[C@H]2C(=O)N(CCCCCCO)C(C(=O)N(CC=C)C(C)(C)C)C23CC(Br)[C@@H]1O3. The number of unbranched alkanes of at least 4 members (excludes halogenated alkanes) is 3. The van der Waals surface area contributed by atoms with E-state index in [4.69, 9.17) is 9.84 Å². The Balaban J connectivity index is 2.02. The maximum absolute atomic E-state index is 14.3. The number of ether oxygens (including phenoxy) is 1. The van der Waals surface area contributed by atoms with Crippen LogP contribution in [0.5, 0.6) is 0 Å². The lowest BCUT2D eigenvalue weighted by Gasteiger charge is -2.42. The van der Waals surface area contributed by atoms with Gasteiger partial charge in [0.05, 0.1) is 17.9 Å². The third kappa shape index (κ3) is 5.03. The Morgan fingerprint density at radius 1 is 1.17 bits per heavy atom. The molecule has 3 unspecified atom stereocenters. The zero-order valence-electron chi connectivity index (χ0n) is 22.1. The maximum atomic E-state index is 14.3. The van der Waals surface area contributed by atoms with Gasteiger partial charge in [-0.05, 0) is 40.0 Å². The molecule has 3 heterocycles. The number of rotatable bonds is 12.